The van der Waals surface area contributed by atoms with Crippen molar-refractivity contribution in [3.63, 3.8) is 0 Å². The maximum atomic E-state index is 6.11. The quantitative estimate of drug-likeness (QED) is 0.808. The standard InChI is InChI=1S/C14H21ClN4/c1-4-11-13-14(18(3)17-11)19(12(8-15)16-13)10-6-5-9(2)7-10/h9-10H,4-8H2,1-3H3. The van der Waals surface area contributed by atoms with E-state index >= 15 is 0 Å². The topological polar surface area (TPSA) is 35.6 Å². The number of imidazole rings is 1. The number of aromatic nitrogens is 4. The summed E-state index contributed by atoms with van der Waals surface area (Å²) in [4.78, 5) is 4.74. The molecule has 1 aliphatic carbocycles. The van der Waals surface area contributed by atoms with Crippen LogP contribution in [0.15, 0.2) is 0 Å². The highest BCUT2D eigenvalue weighted by Crippen LogP contribution is 2.37. The Labute approximate surface area is 118 Å². The van der Waals surface area contributed by atoms with Gasteiger partial charge in [0.15, 0.2) is 5.65 Å². The third-order valence-corrected chi connectivity index (χ3v) is 4.54. The molecule has 3 rings (SSSR count). The van der Waals surface area contributed by atoms with Crippen LogP contribution in [0.5, 0.6) is 0 Å². The zero-order valence-corrected chi connectivity index (χ0v) is 12.6. The molecular formula is C14H21ClN4. The lowest BCUT2D eigenvalue weighted by atomic mass is 10.1. The maximum absolute atomic E-state index is 6.11. The van der Waals surface area contributed by atoms with Gasteiger partial charge in [-0.3, -0.25) is 4.68 Å². The van der Waals surface area contributed by atoms with Crippen LogP contribution in [0.25, 0.3) is 11.2 Å². The van der Waals surface area contributed by atoms with E-state index in [9.17, 15) is 0 Å². The molecule has 0 amide bonds. The minimum absolute atomic E-state index is 0.475. The van der Waals surface area contributed by atoms with E-state index in [0.717, 1.165) is 35.0 Å². The molecule has 19 heavy (non-hydrogen) atoms. The Morgan fingerprint density at radius 2 is 2.16 bits per heavy atom. The molecule has 5 heteroatoms. The molecule has 2 aromatic rings. The van der Waals surface area contributed by atoms with Crippen molar-refractivity contribution in [2.75, 3.05) is 0 Å². The number of nitrogens with zero attached hydrogens (tertiary/aromatic N) is 4. The van der Waals surface area contributed by atoms with Gasteiger partial charge in [-0.15, -0.1) is 11.6 Å². The summed E-state index contributed by atoms with van der Waals surface area (Å²) in [5, 5.41) is 4.58. The molecule has 0 saturated heterocycles. The lowest BCUT2D eigenvalue weighted by molar-refractivity contribution is 0.485. The van der Waals surface area contributed by atoms with Crippen LogP contribution in [-0.2, 0) is 19.3 Å². The first-order chi connectivity index (χ1) is 9.15. The van der Waals surface area contributed by atoms with Gasteiger partial charge in [-0.1, -0.05) is 13.8 Å². The average Bonchev–Trinajstić information content (AvgIpc) is 3.04. The van der Waals surface area contributed by atoms with Crippen LogP contribution < -0.4 is 0 Å². The van der Waals surface area contributed by atoms with Gasteiger partial charge < -0.3 is 4.57 Å². The minimum Gasteiger partial charge on any atom is -0.309 e. The molecule has 0 aliphatic heterocycles. The molecule has 0 aromatic carbocycles. The van der Waals surface area contributed by atoms with Crippen molar-refractivity contribution in [2.45, 2.75) is 51.5 Å². The van der Waals surface area contributed by atoms with Crippen LogP contribution in [0.4, 0.5) is 0 Å². The molecule has 2 heterocycles. The van der Waals surface area contributed by atoms with E-state index in [1.165, 1.54) is 19.3 Å². The number of aryl methyl sites for hydroxylation is 2. The highest BCUT2D eigenvalue weighted by molar-refractivity contribution is 6.16. The highest BCUT2D eigenvalue weighted by Gasteiger charge is 2.28. The Morgan fingerprint density at radius 1 is 1.37 bits per heavy atom. The van der Waals surface area contributed by atoms with Crippen LogP contribution in [0.1, 0.15) is 50.7 Å². The third-order valence-electron chi connectivity index (χ3n) is 4.30. The fourth-order valence-electron chi connectivity index (χ4n) is 3.38. The summed E-state index contributed by atoms with van der Waals surface area (Å²) in [6, 6.07) is 0.536. The van der Waals surface area contributed by atoms with Gasteiger partial charge in [0.1, 0.15) is 11.3 Å². The molecule has 0 bridgehead atoms. The molecular weight excluding hydrogens is 260 g/mol. The lowest BCUT2D eigenvalue weighted by Crippen LogP contribution is -2.11. The molecule has 0 radical (unpaired) electrons. The Bertz CT molecular complexity index is 598. The molecule has 4 nitrogen and oxygen atoms in total. The van der Waals surface area contributed by atoms with Gasteiger partial charge in [-0.25, -0.2) is 4.98 Å². The normalized spacial score (nSPS) is 23.6. The maximum Gasteiger partial charge on any atom is 0.158 e. The van der Waals surface area contributed by atoms with E-state index in [2.05, 4.69) is 23.5 Å². The predicted molar refractivity (Wildman–Crippen MR) is 77.5 cm³/mol. The average molecular weight is 281 g/mol. The molecule has 2 atom stereocenters. The van der Waals surface area contributed by atoms with E-state index in [4.69, 9.17) is 16.6 Å². The minimum atomic E-state index is 0.475. The van der Waals surface area contributed by atoms with E-state index < -0.39 is 0 Å². The van der Waals surface area contributed by atoms with Crippen molar-refractivity contribution in [2.24, 2.45) is 13.0 Å². The first-order valence-corrected chi connectivity index (χ1v) is 7.67. The second-order valence-electron chi connectivity index (χ2n) is 5.70. The highest BCUT2D eigenvalue weighted by atomic mass is 35.5. The van der Waals surface area contributed by atoms with E-state index in [1.54, 1.807) is 0 Å². The fourth-order valence-corrected chi connectivity index (χ4v) is 3.56. The molecule has 104 valence electrons. The van der Waals surface area contributed by atoms with Crippen molar-refractivity contribution >= 4 is 22.8 Å². The van der Waals surface area contributed by atoms with Crippen molar-refractivity contribution in [1.29, 1.82) is 0 Å². The summed E-state index contributed by atoms with van der Waals surface area (Å²) in [5.41, 5.74) is 3.26. The van der Waals surface area contributed by atoms with Gasteiger partial charge in [-0.2, -0.15) is 5.10 Å². The summed E-state index contributed by atoms with van der Waals surface area (Å²) in [5.74, 6) is 2.27. The molecule has 1 aliphatic rings. The smallest absolute Gasteiger partial charge is 0.158 e. The number of halogens is 1. The van der Waals surface area contributed by atoms with Crippen LogP contribution >= 0.6 is 11.6 Å². The number of rotatable bonds is 3. The summed E-state index contributed by atoms with van der Waals surface area (Å²) < 4.78 is 4.32. The molecule has 1 saturated carbocycles. The Kier molecular flexibility index (Phi) is 3.29. The van der Waals surface area contributed by atoms with Crippen LogP contribution in [0, 0.1) is 5.92 Å². The second kappa shape index (κ2) is 4.82. The van der Waals surface area contributed by atoms with Gasteiger partial charge in [0.25, 0.3) is 0 Å². The number of hydrogen-bond donors (Lipinski definition) is 0. The van der Waals surface area contributed by atoms with Crippen LogP contribution in [-0.4, -0.2) is 19.3 Å². The van der Waals surface area contributed by atoms with Gasteiger partial charge in [0.05, 0.1) is 11.6 Å². The van der Waals surface area contributed by atoms with Crippen LogP contribution in [0.2, 0.25) is 0 Å². The Balaban J connectivity index is 2.18. The predicted octanol–water partition coefficient (Wildman–Crippen LogP) is 3.43. The summed E-state index contributed by atoms with van der Waals surface area (Å²) in [6.45, 7) is 4.45. The van der Waals surface area contributed by atoms with Gasteiger partial charge >= 0.3 is 0 Å². The van der Waals surface area contributed by atoms with Gasteiger partial charge in [0, 0.05) is 13.1 Å². The zero-order valence-electron chi connectivity index (χ0n) is 11.9. The van der Waals surface area contributed by atoms with Crippen LogP contribution in [0.3, 0.4) is 0 Å². The van der Waals surface area contributed by atoms with Crippen molar-refractivity contribution < 1.29 is 0 Å². The Morgan fingerprint density at radius 3 is 2.74 bits per heavy atom. The molecule has 2 unspecified atom stereocenters. The SMILES string of the molecule is CCc1nn(C)c2c1nc(CCl)n2C1CCC(C)C1. The monoisotopic (exact) mass is 280 g/mol. The largest absolute Gasteiger partial charge is 0.309 e. The summed E-state index contributed by atoms with van der Waals surface area (Å²) in [7, 11) is 2.01. The molecule has 0 N–H and O–H groups in total. The molecule has 2 aromatic heterocycles. The van der Waals surface area contributed by atoms with Gasteiger partial charge in [0.2, 0.25) is 0 Å². The van der Waals surface area contributed by atoms with E-state index in [-0.39, 0.29) is 0 Å². The number of hydrogen-bond acceptors (Lipinski definition) is 2. The molecule has 1 fully saturated rings. The van der Waals surface area contributed by atoms with Crippen molar-refractivity contribution in [1.82, 2.24) is 19.3 Å². The van der Waals surface area contributed by atoms with Gasteiger partial charge in [-0.05, 0) is 31.6 Å². The first-order valence-electron chi connectivity index (χ1n) is 7.14. The lowest BCUT2D eigenvalue weighted by Gasteiger charge is -2.15. The Hall–Kier alpha value is -1.03. The van der Waals surface area contributed by atoms with E-state index in [0.29, 0.717) is 11.9 Å². The van der Waals surface area contributed by atoms with E-state index in [1.807, 2.05) is 11.7 Å². The van der Waals surface area contributed by atoms with Crippen molar-refractivity contribution in [3.05, 3.63) is 11.5 Å². The number of alkyl halides is 1. The summed E-state index contributed by atoms with van der Waals surface area (Å²) in [6.07, 6.45) is 4.66. The second-order valence-corrected chi connectivity index (χ2v) is 5.97. The fraction of sp³-hybridized carbons (Fsp3) is 0.714. The molecule has 0 spiro atoms. The first kappa shape index (κ1) is 13.0. The zero-order chi connectivity index (χ0) is 13.6. The third kappa shape index (κ3) is 1.97. The number of fused-ring (bicyclic) bond motifs is 1. The van der Waals surface area contributed by atoms with Crippen molar-refractivity contribution in [3.8, 4) is 0 Å². The summed E-state index contributed by atoms with van der Waals surface area (Å²) >= 11 is 6.11.